The monoisotopic (exact) mass is 462 g/mol. The van der Waals surface area contributed by atoms with Crippen molar-refractivity contribution in [3.05, 3.63) is 90.6 Å². The van der Waals surface area contributed by atoms with Gasteiger partial charge in [0.25, 0.3) is 10.0 Å². The lowest BCUT2D eigenvalue weighted by atomic mass is 10.1. The molecular formula is C24H19FN4O3S. The molecule has 0 aliphatic heterocycles. The molecule has 1 saturated carbocycles. The van der Waals surface area contributed by atoms with Crippen molar-refractivity contribution in [2.45, 2.75) is 17.2 Å². The zero-order valence-corrected chi connectivity index (χ0v) is 18.1. The summed E-state index contributed by atoms with van der Waals surface area (Å²) in [6.07, 6.45) is 5.18. The number of benzene rings is 2. The van der Waals surface area contributed by atoms with E-state index in [1.54, 1.807) is 48.7 Å². The van der Waals surface area contributed by atoms with E-state index < -0.39 is 15.8 Å². The van der Waals surface area contributed by atoms with Crippen LogP contribution in [0, 0.1) is 11.7 Å². The number of sulfonamides is 1. The number of carbonyl (C=O) groups is 1. The van der Waals surface area contributed by atoms with E-state index in [1.807, 2.05) is 0 Å². The number of halogens is 1. The molecule has 33 heavy (non-hydrogen) atoms. The molecule has 1 fully saturated rings. The molecule has 0 bridgehead atoms. The fourth-order valence-electron chi connectivity index (χ4n) is 3.82. The zero-order chi connectivity index (χ0) is 23.0. The summed E-state index contributed by atoms with van der Waals surface area (Å²) in [6, 6.07) is 16.2. The average Bonchev–Trinajstić information content (AvgIpc) is 3.63. The Morgan fingerprint density at radius 2 is 1.82 bits per heavy atom. The van der Waals surface area contributed by atoms with Crippen LogP contribution in [0.1, 0.15) is 17.9 Å². The van der Waals surface area contributed by atoms with Crippen LogP contribution in [0.15, 0.2) is 84.1 Å². The predicted octanol–water partition coefficient (Wildman–Crippen LogP) is 4.31. The molecule has 0 spiro atoms. The van der Waals surface area contributed by atoms with Crippen molar-refractivity contribution in [1.82, 2.24) is 9.97 Å². The molecule has 2 heterocycles. The Morgan fingerprint density at radius 1 is 1.00 bits per heavy atom. The molecule has 2 aromatic heterocycles. The van der Waals surface area contributed by atoms with E-state index in [2.05, 4.69) is 20.0 Å². The third-order valence-corrected chi connectivity index (χ3v) is 7.03. The normalized spacial score (nSPS) is 17.5. The van der Waals surface area contributed by atoms with Crippen LogP contribution in [-0.4, -0.2) is 24.3 Å². The largest absolute Gasteiger partial charge is 0.323 e. The van der Waals surface area contributed by atoms with Crippen LogP contribution < -0.4 is 10.0 Å². The molecule has 7 nitrogen and oxygen atoms in total. The highest BCUT2D eigenvalue weighted by Crippen LogP contribution is 2.48. The summed E-state index contributed by atoms with van der Waals surface area (Å²) in [5.74, 6) is -0.862. The predicted molar refractivity (Wildman–Crippen MR) is 123 cm³/mol. The van der Waals surface area contributed by atoms with Crippen LogP contribution >= 0.6 is 0 Å². The van der Waals surface area contributed by atoms with Gasteiger partial charge in [0.05, 0.1) is 10.6 Å². The van der Waals surface area contributed by atoms with E-state index >= 15 is 0 Å². The maximum atomic E-state index is 14.7. The van der Waals surface area contributed by atoms with E-state index in [0.717, 1.165) is 5.56 Å². The first-order valence-corrected chi connectivity index (χ1v) is 11.8. The molecule has 0 saturated heterocycles. The molecule has 0 radical (unpaired) electrons. The van der Waals surface area contributed by atoms with Gasteiger partial charge in [0.1, 0.15) is 5.82 Å². The Morgan fingerprint density at radius 3 is 2.58 bits per heavy atom. The molecule has 9 heteroatoms. The van der Waals surface area contributed by atoms with Gasteiger partial charge in [0.2, 0.25) is 5.91 Å². The SMILES string of the molecule is O=C(Nc1ccc2cnccc2c1F)C1CC1c1ccc(S(=O)(=O)Nc2ccccn2)cc1. The van der Waals surface area contributed by atoms with Gasteiger partial charge in [-0.2, -0.15) is 0 Å². The van der Waals surface area contributed by atoms with Crippen molar-refractivity contribution >= 4 is 38.2 Å². The molecule has 2 N–H and O–H groups in total. The minimum Gasteiger partial charge on any atom is -0.323 e. The van der Waals surface area contributed by atoms with Gasteiger partial charge in [-0.3, -0.25) is 14.5 Å². The third-order valence-electron chi connectivity index (χ3n) is 5.66. The Labute approximate surface area is 189 Å². The van der Waals surface area contributed by atoms with E-state index in [9.17, 15) is 17.6 Å². The quantitative estimate of drug-likeness (QED) is 0.445. The van der Waals surface area contributed by atoms with Crippen LogP contribution in [0.5, 0.6) is 0 Å². The molecule has 1 aliphatic carbocycles. The zero-order valence-electron chi connectivity index (χ0n) is 17.3. The van der Waals surface area contributed by atoms with Gasteiger partial charge in [0.15, 0.2) is 5.82 Å². The fraction of sp³-hybridized carbons (Fsp3) is 0.125. The molecule has 2 atom stereocenters. The lowest BCUT2D eigenvalue weighted by Gasteiger charge is -2.09. The van der Waals surface area contributed by atoms with Crippen LogP contribution in [0.3, 0.4) is 0 Å². The number of pyridine rings is 2. The summed E-state index contributed by atoms with van der Waals surface area (Å²) < 4.78 is 42.3. The van der Waals surface area contributed by atoms with Crippen LogP contribution in [0.25, 0.3) is 10.8 Å². The number of rotatable bonds is 6. The molecule has 5 rings (SSSR count). The smallest absolute Gasteiger partial charge is 0.263 e. The summed E-state index contributed by atoms with van der Waals surface area (Å²) >= 11 is 0. The lowest BCUT2D eigenvalue weighted by Crippen LogP contribution is -2.16. The topological polar surface area (TPSA) is 101 Å². The molecule has 1 amide bonds. The highest BCUT2D eigenvalue weighted by molar-refractivity contribution is 7.92. The average molecular weight is 463 g/mol. The van der Waals surface area contributed by atoms with E-state index in [0.29, 0.717) is 17.2 Å². The highest BCUT2D eigenvalue weighted by atomic mass is 32.2. The molecule has 2 aromatic carbocycles. The summed E-state index contributed by atoms with van der Waals surface area (Å²) in [5, 5.41) is 3.73. The van der Waals surface area contributed by atoms with Crippen molar-refractivity contribution in [2.24, 2.45) is 5.92 Å². The highest BCUT2D eigenvalue weighted by Gasteiger charge is 2.44. The minimum absolute atomic E-state index is 0.0433. The number of carbonyl (C=O) groups excluding carboxylic acids is 1. The standard InChI is InChI=1S/C24H19FN4O3S/c25-23-18-10-12-26-14-16(18)6-9-21(23)28-24(30)20-13-19(20)15-4-7-17(8-5-15)33(31,32)29-22-3-1-2-11-27-22/h1-12,14,19-20H,13H2,(H,27,29)(H,28,30). The Kier molecular flexibility index (Phi) is 5.26. The van der Waals surface area contributed by atoms with Gasteiger partial charge < -0.3 is 5.32 Å². The van der Waals surface area contributed by atoms with Crippen LogP contribution in [-0.2, 0) is 14.8 Å². The lowest BCUT2D eigenvalue weighted by molar-refractivity contribution is -0.117. The second kappa shape index (κ2) is 8.25. The number of fused-ring (bicyclic) bond motifs is 1. The number of nitrogens with zero attached hydrogens (tertiary/aromatic N) is 2. The molecule has 1 aliphatic rings. The van der Waals surface area contributed by atoms with Crippen molar-refractivity contribution in [3.8, 4) is 0 Å². The van der Waals surface area contributed by atoms with E-state index in [-0.39, 0.29) is 34.1 Å². The van der Waals surface area contributed by atoms with Crippen molar-refractivity contribution in [3.63, 3.8) is 0 Å². The molecule has 2 unspecified atom stereocenters. The molecule has 166 valence electrons. The first kappa shape index (κ1) is 21.0. The number of anilines is 2. The first-order valence-electron chi connectivity index (χ1n) is 10.3. The number of aromatic nitrogens is 2. The van der Waals surface area contributed by atoms with Gasteiger partial charge in [-0.05, 0) is 54.3 Å². The van der Waals surface area contributed by atoms with Gasteiger partial charge in [-0.15, -0.1) is 0 Å². The van der Waals surface area contributed by atoms with E-state index in [1.165, 1.54) is 30.6 Å². The van der Waals surface area contributed by atoms with Gasteiger partial charge in [-0.1, -0.05) is 24.3 Å². The number of hydrogen-bond acceptors (Lipinski definition) is 5. The maximum Gasteiger partial charge on any atom is 0.263 e. The summed E-state index contributed by atoms with van der Waals surface area (Å²) in [4.78, 5) is 20.7. The Hall–Kier alpha value is -3.85. The number of amides is 1. The van der Waals surface area contributed by atoms with Crippen LogP contribution in [0.4, 0.5) is 15.9 Å². The van der Waals surface area contributed by atoms with Crippen LogP contribution in [0.2, 0.25) is 0 Å². The Bertz CT molecular complexity index is 1440. The van der Waals surface area contributed by atoms with Crippen molar-refractivity contribution in [2.75, 3.05) is 10.0 Å². The van der Waals surface area contributed by atoms with Crippen molar-refractivity contribution < 1.29 is 17.6 Å². The number of nitrogens with one attached hydrogen (secondary N) is 2. The van der Waals surface area contributed by atoms with Crippen molar-refractivity contribution in [1.29, 1.82) is 0 Å². The maximum absolute atomic E-state index is 14.7. The molecular weight excluding hydrogens is 443 g/mol. The van der Waals surface area contributed by atoms with Gasteiger partial charge in [0, 0.05) is 35.3 Å². The number of hydrogen-bond donors (Lipinski definition) is 2. The second-order valence-electron chi connectivity index (χ2n) is 7.85. The summed E-state index contributed by atoms with van der Waals surface area (Å²) in [6.45, 7) is 0. The summed E-state index contributed by atoms with van der Waals surface area (Å²) in [5.41, 5.74) is 0.989. The van der Waals surface area contributed by atoms with Gasteiger partial charge >= 0.3 is 0 Å². The fourth-order valence-corrected chi connectivity index (χ4v) is 4.83. The second-order valence-corrected chi connectivity index (χ2v) is 9.53. The van der Waals surface area contributed by atoms with Gasteiger partial charge in [-0.25, -0.2) is 17.8 Å². The minimum atomic E-state index is -3.77. The third kappa shape index (κ3) is 4.27. The van der Waals surface area contributed by atoms with E-state index in [4.69, 9.17) is 0 Å². The summed E-state index contributed by atoms with van der Waals surface area (Å²) in [7, 11) is -3.77. The first-order chi connectivity index (χ1) is 15.9. The Balaban J connectivity index is 1.26. The molecule has 4 aromatic rings.